The Morgan fingerprint density at radius 1 is 0.857 bits per heavy atom. The van der Waals surface area contributed by atoms with Gasteiger partial charge in [0.15, 0.2) is 5.82 Å². The molecular weight excluding hydrogens is 354 g/mol. The van der Waals surface area contributed by atoms with Crippen LogP contribution in [0.5, 0.6) is 0 Å². The van der Waals surface area contributed by atoms with Crippen molar-refractivity contribution in [3.05, 3.63) is 55.1 Å². The maximum Gasteiger partial charge on any atom is 0.158 e. The Bertz CT molecular complexity index is 1110. The fourth-order valence-electron chi connectivity index (χ4n) is 3.47. The summed E-state index contributed by atoms with van der Waals surface area (Å²) >= 11 is 0. The summed E-state index contributed by atoms with van der Waals surface area (Å²) in [5.41, 5.74) is 1.82. The Morgan fingerprint density at radius 3 is 2.46 bits per heavy atom. The molecule has 9 nitrogen and oxygen atoms in total. The first kappa shape index (κ1) is 16.5. The van der Waals surface area contributed by atoms with Crippen LogP contribution in [0.4, 0.5) is 11.6 Å². The van der Waals surface area contributed by atoms with Crippen molar-refractivity contribution in [3.8, 4) is 5.82 Å². The van der Waals surface area contributed by atoms with Crippen molar-refractivity contribution in [1.82, 2.24) is 34.7 Å². The van der Waals surface area contributed by atoms with E-state index in [9.17, 15) is 0 Å². The highest BCUT2D eigenvalue weighted by Crippen LogP contribution is 2.24. The van der Waals surface area contributed by atoms with Gasteiger partial charge in [0.1, 0.15) is 24.3 Å². The van der Waals surface area contributed by atoms with Gasteiger partial charge in [0.2, 0.25) is 0 Å². The Labute approximate surface area is 161 Å². The largest absolute Gasteiger partial charge is 0.353 e. The molecule has 140 valence electrons. The van der Waals surface area contributed by atoms with E-state index < -0.39 is 0 Å². The molecule has 0 amide bonds. The maximum absolute atomic E-state index is 4.52. The van der Waals surface area contributed by atoms with Gasteiger partial charge in [-0.05, 0) is 19.1 Å². The summed E-state index contributed by atoms with van der Waals surface area (Å²) in [4.78, 5) is 26.3. The molecule has 0 bridgehead atoms. The second-order valence-electron chi connectivity index (χ2n) is 6.70. The topological polar surface area (TPSA) is 88.8 Å². The summed E-state index contributed by atoms with van der Waals surface area (Å²) in [5, 5.41) is 5.46. The lowest BCUT2D eigenvalue weighted by molar-refractivity contribution is 0.641. The highest BCUT2D eigenvalue weighted by atomic mass is 15.3. The number of piperazine rings is 1. The number of hydrogen-bond acceptors (Lipinski definition) is 8. The first-order chi connectivity index (χ1) is 13.8. The summed E-state index contributed by atoms with van der Waals surface area (Å²) in [6.45, 7) is 5.38. The van der Waals surface area contributed by atoms with Gasteiger partial charge in [0, 0.05) is 50.0 Å². The molecule has 0 atom stereocenters. The van der Waals surface area contributed by atoms with Crippen LogP contribution in [-0.2, 0) is 0 Å². The molecule has 0 aromatic carbocycles. The van der Waals surface area contributed by atoms with E-state index in [1.807, 2.05) is 31.3 Å². The molecule has 28 heavy (non-hydrogen) atoms. The Kier molecular flexibility index (Phi) is 4.04. The quantitative estimate of drug-likeness (QED) is 0.535. The summed E-state index contributed by atoms with van der Waals surface area (Å²) in [7, 11) is 0. The van der Waals surface area contributed by atoms with E-state index in [1.165, 1.54) is 0 Å². The third-order valence-corrected chi connectivity index (χ3v) is 4.92. The molecule has 0 radical (unpaired) electrons. The van der Waals surface area contributed by atoms with Crippen molar-refractivity contribution in [2.75, 3.05) is 36.0 Å². The number of fused-ring (bicyclic) bond motifs is 1. The van der Waals surface area contributed by atoms with Gasteiger partial charge in [-0.2, -0.15) is 5.10 Å². The van der Waals surface area contributed by atoms with Gasteiger partial charge >= 0.3 is 0 Å². The zero-order valence-electron chi connectivity index (χ0n) is 15.5. The predicted octanol–water partition coefficient (Wildman–Crippen LogP) is 1.64. The van der Waals surface area contributed by atoms with Crippen LogP contribution in [0.3, 0.4) is 0 Å². The fraction of sp³-hybridized carbons (Fsp3) is 0.263. The molecule has 0 aliphatic carbocycles. The zero-order chi connectivity index (χ0) is 18.9. The van der Waals surface area contributed by atoms with Crippen molar-refractivity contribution in [2.24, 2.45) is 0 Å². The van der Waals surface area contributed by atoms with Crippen LogP contribution in [-0.4, -0.2) is 60.9 Å². The maximum atomic E-state index is 4.52. The molecule has 5 heterocycles. The monoisotopic (exact) mass is 373 g/mol. The summed E-state index contributed by atoms with van der Waals surface area (Å²) in [5.74, 6) is 2.65. The fourth-order valence-corrected chi connectivity index (χ4v) is 3.47. The minimum atomic E-state index is 0.773. The van der Waals surface area contributed by atoms with Crippen molar-refractivity contribution >= 4 is 22.5 Å². The van der Waals surface area contributed by atoms with E-state index in [2.05, 4.69) is 39.8 Å². The standard InChI is InChI=1S/C19H19N9/c1-14-3-5-28(25-14)18-10-17(22-13-23-18)26-6-8-27(9-7-26)19-15-2-4-20-11-16(15)21-12-24-19/h2-5,10-13H,6-9H2,1H3. The molecule has 1 aliphatic rings. The van der Waals surface area contributed by atoms with Crippen LogP contribution >= 0.6 is 0 Å². The molecule has 9 heteroatoms. The van der Waals surface area contributed by atoms with E-state index >= 15 is 0 Å². The van der Waals surface area contributed by atoms with E-state index in [-0.39, 0.29) is 0 Å². The lowest BCUT2D eigenvalue weighted by atomic mass is 10.2. The molecular formula is C19H19N9. The second kappa shape index (κ2) is 6.84. The number of anilines is 2. The van der Waals surface area contributed by atoms with Crippen LogP contribution in [0.2, 0.25) is 0 Å². The Balaban J connectivity index is 1.35. The van der Waals surface area contributed by atoms with E-state index in [4.69, 9.17) is 0 Å². The van der Waals surface area contributed by atoms with Crippen molar-refractivity contribution in [3.63, 3.8) is 0 Å². The molecule has 0 unspecified atom stereocenters. The SMILES string of the molecule is Cc1ccn(-c2cc(N3CCN(c4ncnc5cnccc45)CC3)ncn2)n1. The number of rotatable bonds is 3. The summed E-state index contributed by atoms with van der Waals surface area (Å²) in [6, 6.07) is 5.91. The van der Waals surface area contributed by atoms with Gasteiger partial charge in [0.25, 0.3) is 0 Å². The van der Waals surface area contributed by atoms with Crippen molar-refractivity contribution < 1.29 is 0 Å². The highest BCUT2D eigenvalue weighted by molar-refractivity contribution is 5.88. The summed E-state index contributed by atoms with van der Waals surface area (Å²) in [6.07, 6.45) is 8.67. The minimum absolute atomic E-state index is 0.773. The van der Waals surface area contributed by atoms with Crippen LogP contribution in [0.15, 0.2) is 49.4 Å². The number of nitrogens with zero attached hydrogens (tertiary/aromatic N) is 9. The van der Waals surface area contributed by atoms with E-state index in [0.717, 1.165) is 60.2 Å². The van der Waals surface area contributed by atoms with E-state index in [1.54, 1.807) is 29.7 Å². The molecule has 5 rings (SSSR count). The zero-order valence-corrected chi connectivity index (χ0v) is 15.5. The number of aromatic nitrogens is 7. The van der Waals surface area contributed by atoms with Crippen LogP contribution in [0.1, 0.15) is 5.69 Å². The smallest absolute Gasteiger partial charge is 0.158 e. The first-order valence-corrected chi connectivity index (χ1v) is 9.17. The molecule has 4 aromatic rings. The second-order valence-corrected chi connectivity index (χ2v) is 6.70. The molecule has 1 aliphatic heterocycles. The normalized spacial score (nSPS) is 14.6. The van der Waals surface area contributed by atoms with Crippen LogP contribution in [0.25, 0.3) is 16.7 Å². The van der Waals surface area contributed by atoms with Gasteiger partial charge in [-0.25, -0.2) is 24.6 Å². The predicted molar refractivity (Wildman–Crippen MR) is 106 cm³/mol. The minimum Gasteiger partial charge on any atom is -0.353 e. The summed E-state index contributed by atoms with van der Waals surface area (Å²) < 4.78 is 1.78. The number of hydrogen-bond donors (Lipinski definition) is 0. The molecule has 1 saturated heterocycles. The highest BCUT2D eigenvalue weighted by Gasteiger charge is 2.21. The van der Waals surface area contributed by atoms with Crippen LogP contribution < -0.4 is 9.80 Å². The molecule has 0 N–H and O–H groups in total. The Hall–Kier alpha value is -3.62. The van der Waals surface area contributed by atoms with Gasteiger partial charge in [-0.1, -0.05) is 0 Å². The molecule has 0 saturated carbocycles. The van der Waals surface area contributed by atoms with Gasteiger partial charge in [0.05, 0.1) is 17.4 Å². The average molecular weight is 373 g/mol. The lowest BCUT2D eigenvalue weighted by Gasteiger charge is -2.36. The first-order valence-electron chi connectivity index (χ1n) is 9.17. The van der Waals surface area contributed by atoms with Gasteiger partial charge in [-0.3, -0.25) is 4.98 Å². The number of aryl methyl sites for hydroxylation is 1. The van der Waals surface area contributed by atoms with Crippen molar-refractivity contribution in [1.29, 1.82) is 0 Å². The third kappa shape index (κ3) is 3.00. The molecule has 0 spiro atoms. The van der Waals surface area contributed by atoms with Gasteiger partial charge in [-0.15, -0.1) is 0 Å². The molecule has 1 fully saturated rings. The number of pyridine rings is 1. The lowest BCUT2D eigenvalue weighted by Crippen LogP contribution is -2.47. The third-order valence-electron chi connectivity index (χ3n) is 4.92. The van der Waals surface area contributed by atoms with Crippen molar-refractivity contribution in [2.45, 2.75) is 6.92 Å². The van der Waals surface area contributed by atoms with E-state index in [0.29, 0.717) is 0 Å². The Morgan fingerprint density at radius 2 is 1.64 bits per heavy atom. The average Bonchev–Trinajstić information content (AvgIpc) is 3.20. The van der Waals surface area contributed by atoms with Gasteiger partial charge < -0.3 is 9.80 Å². The van der Waals surface area contributed by atoms with Crippen LogP contribution in [0, 0.1) is 6.92 Å². The molecule has 4 aromatic heterocycles.